The lowest BCUT2D eigenvalue weighted by molar-refractivity contribution is -0.144. The maximum atomic E-state index is 14.3. The molecule has 3 aromatic heterocycles. The van der Waals surface area contributed by atoms with Gasteiger partial charge in [0.1, 0.15) is 18.2 Å². The summed E-state index contributed by atoms with van der Waals surface area (Å²) in [5, 5.41) is 7.29. The zero-order chi connectivity index (χ0) is 31.8. The number of alkyl halides is 3. The third-order valence-electron chi connectivity index (χ3n) is 8.61. The number of rotatable bonds is 9. The number of hydrogen-bond donors (Lipinski definition) is 1. The van der Waals surface area contributed by atoms with Gasteiger partial charge < -0.3 is 19.0 Å². The summed E-state index contributed by atoms with van der Waals surface area (Å²) in [5.74, 6) is 0.0697. The molecule has 7 rings (SSSR count). The van der Waals surface area contributed by atoms with Crippen molar-refractivity contribution in [2.24, 2.45) is 0 Å². The largest absolute Gasteiger partial charge is 0.472 e. The van der Waals surface area contributed by atoms with Crippen LogP contribution in [0.3, 0.4) is 0 Å². The van der Waals surface area contributed by atoms with Gasteiger partial charge in [-0.15, -0.1) is 10.2 Å². The van der Waals surface area contributed by atoms with Crippen LogP contribution in [0.25, 0.3) is 22.4 Å². The average molecular weight is 656 g/mol. The van der Waals surface area contributed by atoms with Gasteiger partial charge in [0.15, 0.2) is 5.82 Å². The van der Waals surface area contributed by atoms with Gasteiger partial charge in [-0.25, -0.2) is 14.4 Å². The summed E-state index contributed by atoms with van der Waals surface area (Å²) >= 11 is 5.88. The predicted octanol–water partition coefficient (Wildman–Crippen LogP) is 6.78. The summed E-state index contributed by atoms with van der Waals surface area (Å²) in [4.78, 5) is 14.0. The Balaban J connectivity index is 1.06. The first-order valence-electron chi connectivity index (χ1n) is 15.1. The topological polar surface area (TPSA) is 94.0 Å². The van der Waals surface area contributed by atoms with Crippen LogP contribution in [0.5, 0.6) is 5.88 Å². The molecule has 1 atom stereocenters. The number of halogens is 5. The molecule has 1 N–H and O–H groups in total. The van der Waals surface area contributed by atoms with E-state index in [9.17, 15) is 17.6 Å². The van der Waals surface area contributed by atoms with Gasteiger partial charge >= 0.3 is 6.18 Å². The SMILES string of the molecule is Fc1cc(Cl)ccc1COc1ncccc1C1CCN(Cc2nc3cc(-c4nnc(C(F)(F)F)[nH]4)ccc3n2CC2CCO2)CC1. The molecule has 14 heteroatoms. The van der Waals surface area contributed by atoms with Gasteiger partial charge in [0.25, 0.3) is 0 Å². The van der Waals surface area contributed by atoms with Gasteiger partial charge in [-0.3, -0.25) is 4.90 Å². The van der Waals surface area contributed by atoms with E-state index in [4.69, 9.17) is 26.1 Å². The van der Waals surface area contributed by atoms with E-state index in [-0.39, 0.29) is 24.5 Å². The highest BCUT2D eigenvalue weighted by Gasteiger charge is 2.35. The Labute approximate surface area is 266 Å². The van der Waals surface area contributed by atoms with Crippen LogP contribution in [0.2, 0.25) is 5.02 Å². The third-order valence-corrected chi connectivity index (χ3v) is 8.84. The van der Waals surface area contributed by atoms with Crippen molar-refractivity contribution in [2.45, 2.75) is 57.2 Å². The van der Waals surface area contributed by atoms with E-state index in [1.807, 2.05) is 18.2 Å². The maximum Gasteiger partial charge on any atom is 0.451 e. The predicted molar refractivity (Wildman–Crippen MR) is 162 cm³/mol. The van der Waals surface area contributed by atoms with Crippen molar-refractivity contribution in [1.29, 1.82) is 0 Å². The minimum absolute atomic E-state index is 0.0341. The van der Waals surface area contributed by atoms with Crippen molar-refractivity contribution in [3.05, 3.63) is 88.3 Å². The highest BCUT2D eigenvalue weighted by atomic mass is 35.5. The number of H-pyrrole nitrogens is 1. The quantitative estimate of drug-likeness (QED) is 0.175. The molecule has 0 aliphatic carbocycles. The number of hydrogen-bond acceptors (Lipinski definition) is 7. The molecule has 2 aliphatic rings. The molecule has 1 unspecified atom stereocenters. The van der Waals surface area contributed by atoms with Crippen molar-refractivity contribution in [3.63, 3.8) is 0 Å². The molecule has 2 fully saturated rings. The molecule has 0 amide bonds. The van der Waals surface area contributed by atoms with Gasteiger partial charge in [-0.1, -0.05) is 23.7 Å². The zero-order valence-electron chi connectivity index (χ0n) is 24.6. The molecule has 46 heavy (non-hydrogen) atoms. The van der Waals surface area contributed by atoms with Crippen LogP contribution in [-0.4, -0.2) is 60.4 Å². The number of ether oxygens (including phenoxy) is 2. The Bertz CT molecular complexity index is 1850. The number of aromatic nitrogens is 6. The van der Waals surface area contributed by atoms with E-state index in [0.717, 1.165) is 55.9 Å². The number of imidazole rings is 1. The van der Waals surface area contributed by atoms with Crippen molar-refractivity contribution in [2.75, 3.05) is 19.7 Å². The molecule has 0 radical (unpaired) electrons. The molecular formula is C32H30ClF4N7O2. The minimum atomic E-state index is -4.61. The fourth-order valence-corrected chi connectivity index (χ4v) is 6.18. The van der Waals surface area contributed by atoms with Gasteiger partial charge in [-0.2, -0.15) is 13.2 Å². The normalized spacial score (nSPS) is 17.8. The zero-order valence-corrected chi connectivity index (χ0v) is 25.4. The molecule has 0 bridgehead atoms. The molecule has 0 saturated carbocycles. The van der Waals surface area contributed by atoms with E-state index < -0.39 is 17.8 Å². The highest BCUT2D eigenvalue weighted by molar-refractivity contribution is 6.30. The van der Waals surface area contributed by atoms with Crippen LogP contribution in [0.1, 0.15) is 48.0 Å². The number of pyridine rings is 1. The number of aromatic amines is 1. The molecule has 2 aromatic carbocycles. The Morgan fingerprint density at radius 3 is 2.59 bits per heavy atom. The fourth-order valence-electron chi connectivity index (χ4n) is 6.02. The second kappa shape index (κ2) is 12.6. The first-order chi connectivity index (χ1) is 22.2. The highest BCUT2D eigenvalue weighted by Crippen LogP contribution is 2.35. The molecule has 9 nitrogen and oxygen atoms in total. The summed E-state index contributed by atoms with van der Waals surface area (Å²) in [6.07, 6.45) is -0.133. The first kappa shape index (κ1) is 30.6. The second-order valence-corrected chi connectivity index (χ2v) is 12.1. The van der Waals surface area contributed by atoms with Crippen molar-refractivity contribution < 1.29 is 27.0 Å². The summed E-state index contributed by atoms with van der Waals surface area (Å²) in [5.41, 5.74) is 3.43. The molecule has 5 aromatic rings. The molecule has 0 spiro atoms. The molecule has 240 valence electrons. The van der Waals surface area contributed by atoms with Crippen LogP contribution in [0.15, 0.2) is 54.7 Å². The minimum Gasteiger partial charge on any atom is -0.472 e. The number of nitrogens with zero attached hydrogens (tertiary/aromatic N) is 6. The molecule has 5 heterocycles. The number of piperidine rings is 1. The number of fused-ring (bicyclic) bond motifs is 1. The lowest BCUT2D eigenvalue weighted by atomic mass is 9.90. The summed E-state index contributed by atoms with van der Waals surface area (Å²) < 4.78 is 67.4. The Hall–Kier alpha value is -4.07. The first-order valence-corrected chi connectivity index (χ1v) is 15.4. The third kappa shape index (κ3) is 6.44. The number of nitrogens with one attached hydrogen (secondary N) is 1. The van der Waals surface area contributed by atoms with Crippen molar-refractivity contribution in [3.8, 4) is 17.3 Å². The van der Waals surface area contributed by atoms with Crippen LogP contribution < -0.4 is 4.74 Å². The number of benzene rings is 2. The molecular weight excluding hydrogens is 626 g/mol. The smallest absolute Gasteiger partial charge is 0.451 e. The van der Waals surface area contributed by atoms with Gasteiger partial charge in [0.05, 0.1) is 30.2 Å². The second-order valence-electron chi connectivity index (χ2n) is 11.6. The van der Waals surface area contributed by atoms with Gasteiger partial charge in [0, 0.05) is 34.5 Å². The Kier molecular flexibility index (Phi) is 8.38. The summed E-state index contributed by atoms with van der Waals surface area (Å²) in [6, 6.07) is 13.8. The van der Waals surface area contributed by atoms with E-state index in [2.05, 4.69) is 29.6 Å². The lowest BCUT2D eigenvalue weighted by Crippen LogP contribution is -2.35. The van der Waals surface area contributed by atoms with Crippen LogP contribution in [0.4, 0.5) is 17.6 Å². The van der Waals surface area contributed by atoms with E-state index >= 15 is 0 Å². The Morgan fingerprint density at radius 1 is 1.04 bits per heavy atom. The Morgan fingerprint density at radius 2 is 1.87 bits per heavy atom. The van der Waals surface area contributed by atoms with Crippen molar-refractivity contribution in [1.82, 2.24) is 34.6 Å². The van der Waals surface area contributed by atoms with Gasteiger partial charge in [-0.05, 0) is 74.7 Å². The average Bonchev–Trinajstić information content (AvgIpc) is 3.64. The maximum absolute atomic E-state index is 14.3. The molecule has 2 aliphatic heterocycles. The lowest BCUT2D eigenvalue weighted by Gasteiger charge is -2.33. The van der Waals surface area contributed by atoms with E-state index in [1.54, 1.807) is 30.5 Å². The van der Waals surface area contributed by atoms with Crippen molar-refractivity contribution >= 4 is 22.6 Å². The molecule has 2 saturated heterocycles. The summed E-state index contributed by atoms with van der Waals surface area (Å²) in [6.45, 7) is 3.67. The fraction of sp³-hybridized carbons (Fsp3) is 0.375. The number of likely N-dealkylation sites (tertiary alicyclic amines) is 1. The van der Waals surface area contributed by atoms with E-state index in [0.29, 0.717) is 40.6 Å². The van der Waals surface area contributed by atoms with Crippen LogP contribution in [-0.2, 0) is 30.6 Å². The van der Waals surface area contributed by atoms with Crippen LogP contribution >= 0.6 is 11.6 Å². The van der Waals surface area contributed by atoms with Crippen LogP contribution in [0, 0.1) is 5.82 Å². The summed E-state index contributed by atoms with van der Waals surface area (Å²) in [7, 11) is 0. The van der Waals surface area contributed by atoms with E-state index in [1.165, 1.54) is 6.07 Å². The monoisotopic (exact) mass is 655 g/mol. The van der Waals surface area contributed by atoms with Gasteiger partial charge in [0.2, 0.25) is 11.7 Å². The standard InChI is InChI=1S/C32H30ClF4N7O2/c33-22-5-3-21(25(34)15-22)18-46-30-24(2-1-10-38-30)19-7-11-43(12-8-19)17-28-39-26-14-20(29-40-31(42-41-29)32(35,36)37)4-6-27(26)44(28)16-23-9-13-45-23/h1-6,10,14-15,19,23H,7-9,11-13,16-18H2,(H,40,41,42).